The van der Waals surface area contributed by atoms with Gasteiger partial charge in [-0.3, -0.25) is 4.98 Å². The summed E-state index contributed by atoms with van der Waals surface area (Å²) in [7, 11) is 2.05. The number of rotatable bonds is 7. The second-order valence-electron chi connectivity index (χ2n) is 8.66. The average Bonchev–Trinajstić information content (AvgIpc) is 3.07. The van der Waals surface area contributed by atoms with E-state index in [2.05, 4.69) is 61.4 Å². The van der Waals surface area contributed by atoms with Gasteiger partial charge in [-0.2, -0.15) is 0 Å². The van der Waals surface area contributed by atoms with E-state index in [1.807, 2.05) is 18.3 Å². The molecule has 4 nitrogen and oxygen atoms in total. The monoisotopic (exact) mass is 394 g/mol. The Labute approximate surface area is 173 Å². The minimum Gasteiger partial charge on any atom is -0.334 e. The highest BCUT2D eigenvalue weighted by Gasteiger charge is 2.24. The van der Waals surface area contributed by atoms with Crippen molar-refractivity contribution < 1.29 is 4.39 Å². The number of hydrogen-bond acceptors (Lipinski definition) is 3. The van der Waals surface area contributed by atoms with E-state index < -0.39 is 0 Å². The van der Waals surface area contributed by atoms with Crippen LogP contribution in [0.3, 0.4) is 0 Å². The van der Waals surface area contributed by atoms with Gasteiger partial charge in [-0.05, 0) is 29.5 Å². The fraction of sp³-hybridized carbons (Fsp3) is 0.417. The van der Waals surface area contributed by atoms with E-state index in [4.69, 9.17) is 5.73 Å². The molecule has 2 N–H and O–H groups in total. The minimum atomic E-state index is -0.332. The van der Waals surface area contributed by atoms with Gasteiger partial charge in [0.1, 0.15) is 11.6 Å². The maximum absolute atomic E-state index is 13.1. The first-order valence-corrected chi connectivity index (χ1v) is 10.2. The van der Waals surface area contributed by atoms with Gasteiger partial charge in [0, 0.05) is 30.4 Å². The fourth-order valence-electron chi connectivity index (χ4n) is 3.49. The van der Waals surface area contributed by atoms with Crippen molar-refractivity contribution in [1.82, 2.24) is 14.5 Å². The molecule has 2 aromatic heterocycles. The standard InChI is InChI=1S/C24H31FN4/c1-6-24(3,4)13-20-15-28-23(29(20)5)22(26)16(2)17-7-9-18(10-8-17)21-12-11-19(25)14-27-21/h7-12,14-16,22H,6,13,26H2,1-5H3. The van der Waals surface area contributed by atoms with Crippen molar-refractivity contribution in [2.45, 2.75) is 52.5 Å². The zero-order valence-corrected chi connectivity index (χ0v) is 18.0. The first-order chi connectivity index (χ1) is 13.7. The summed E-state index contributed by atoms with van der Waals surface area (Å²) in [5.41, 5.74) is 10.9. The Hall–Kier alpha value is -2.53. The summed E-state index contributed by atoms with van der Waals surface area (Å²) in [4.78, 5) is 8.79. The zero-order valence-electron chi connectivity index (χ0n) is 18.0. The van der Waals surface area contributed by atoms with Crippen molar-refractivity contribution in [3.8, 4) is 11.3 Å². The van der Waals surface area contributed by atoms with Crippen LogP contribution in [0.2, 0.25) is 0 Å². The summed E-state index contributed by atoms with van der Waals surface area (Å²) in [5, 5.41) is 0. The molecule has 1 aromatic carbocycles. The Kier molecular flexibility index (Phi) is 6.18. The van der Waals surface area contributed by atoms with Crippen LogP contribution >= 0.6 is 0 Å². The van der Waals surface area contributed by atoms with Crippen molar-refractivity contribution in [3.05, 3.63) is 71.7 Å². The second-order valence-corrected chi connectivity index (χ2v) is 8.66. The van der Waals surface area contributed by atoms with E-state index in [1.165, 1.54) is 18.0 Å². The number of benzene rings is 1. The van der Waals surface area contributed by atoms with Crippen molar-refractivity contribution in [2.75, 3.05) is 0 Å². The first kappa shape index (κ1) is 21.2. The van der Waals surface area contributed by atoms with Gasteiger partial charge in [0.25, 0.3) is 0 Å². The van der Waals surface area contributed by atoms with Crippen LogP contribution in [0.15, 0.2) is 48.8 Å². The van der Waals surface area contributed by atoms with E-state index in [1.54, 1.807) is 6.07 Å². The Morgan fingerprint density at radius 1 is 1.07 bits per heavy atom. The highest BCUT2D eigenvalue weighted by atomic mass is 19.1. The molecule has 0 saturated carbocycles. The van der Waals surface area contributed by atoms with Gasteiger partial charge in [0.05, 0.1) is 17.9 Å². The third-order valence-electron chi connectivity index (χ3n) is 6.03. The molecule has 154 valence electrons. The molecule has 0 saturated heterocycles. The lowest BCUT2D eigenvalue weighted by Gasteiger charge is -2.24. The van der Waals surface area contributed by atoms with Crippen LogP contribution in [0.5, 0.6) is 0 Å². The molecule has 29 heavy (non-hydrogen) atoms. The molecule has 2 atom stereocenters. The molecule has 2 heterocycles. The molecule has 0 radical (unpaired) electrons. The molecule has 0 aliphatic carbocycles. The number of aromatic nitrogens is 3. The molecular formula is C24H31FN4. The third kappa shape index (κ3) is 4.73. The van der Waals surface area contributed by atoms with Crippen LogP contribution in [0, 0.1) is 11.2 Å². The fourth-order valence-corrected chi connectivity index (χ4v) is 3.49. The Bertz CT molecular complexity index is 942. The van der Waals surface area contributed by atoms with Gasteiger partial charge in [-0.25, -0.2) is 9.37 Å². The number of nitrogens with two attached hydrogens (primary N) is 1. The van der Waals surface area contributed by atoms with E-state index in [-0.39, 0.29) is 23.2 Å². The summed E-state index contributed by atoms with van der Waals surface area (Å²) in [6.07, 6.45) is 5.29. The van der Waals surface area contributed by atoms with Crippen LogP contribution in [-0.2, 0) is 13.5 Å². The molecule has 0 aliphatic heterocycles. The Morgan fingerprint density at radius 2 is 1.76 bits per heavy atom. The molecule has 3 rings (SSSR count). The van der Waals surface area contributed by atoms with E-state index in [0.29, 0.717) is 0 Å². The third-order valence-corrected chi connectivity index (χ3v) is 6.03. The van der Waals surface area contributed by atoms with E-state index in [9.17, 15) is 4.39 Å². The van der Waals surface area contributed by atoms with Crippen LogP contribution in [0.4, 0.5) is 4.39 Å². The van der Waals surface area contributed by atoms with Crippen molar-refractivity contribution >= 4 is 0 Å². The van der Waals surface area contributed by atoms with E-state index >= 15 is 0 Å². The summed E-state index contributed by atoms with van der Waals surface area (Å²) in [6.45, 7) is 8.90. The predicted molar refractivity (Wildman–Crippen MR) is 116 cm³/mol. The van der Waals surface area contributed by atoms with Gasteiger partial charge in [0.2, 0.25) is 0 Å². The summed E-state index contributed by atoms with van der Waals surface area (Å²) < 4.78 is 15.2. The lowest BCUT2D eigenvalue weighted by molar-refractivity contribution is 0.341. The second kappa shape index (κ2) is 8.46. The average molecular weight is 395 g/mol. The normalized spacial score (nSPS) is 14.0. The molecule has 0 fully saturated rings. The predicted octanol–water partition coefficient (Wildman–Crippen LogP) is 5.40. The number of pyridine rings is 1. The highest BCUT2D eigenvalue weighted by Crippen LogP contribution is 2.31. The lowest BCUT2D eigenvalue weighted by atomic mass is 9.85. The summed E-state index contributed by atoms with van der Waals surface area (Å²) in [6, 6.07) is 11.1. The minimum absolute atomic E-state index is 0.110. The largest absolute Gasteiger partial charge is 0.334 e. The first-order valence-electron chi connectivity index (χ1n) is 10.2. The lowest BCUT2D eigenvalue weighted by Crippen LogP contribution is -2.23. The zero-order chi connectivity index (χ0) is 21.2. The van der Waals surface area contributed by atoms with Crippen LogP contribution in [0.25, 0.3) is 11.3 Å². The van der Waals surface area contributed by atoms with Gasteiger partial charge in [-0.1, -0.05) is 58.4 Å². The van der Waals surface area contributed by atoms with E-state index in [0.717, 1.165) is 35.5 Å². The topological polar surface area (TPSA) is 56.7 Å². The summed E-state index contributed by atoms with van der Waals surface area (Å²) in [5.74, 6) is 0.684. The molecular weight excluding hydrogens is 363 g/mol. The molecule has 0 bridgehead atoms. The van der Waals surface area contributed by atoms with Crippen LogP contribution in [-0.4, -0.2) is 14.5 Å². The summed E-state index contributed by atoms with van der Waals surface area (Å²) >= 11 is 0. The molecule has 0 aliphatic rings. The number of imidazole rings is 1. The van der Waals surface area contributed by atoms with Gasteiger partial charge >= 0.3 is 0 Å². The number of nitrogens with zero attached hydrogens (tertiary/aromatic N) is 3. The van der Waals surface area contributed by atoms with Gasteiger partial charge < -0.3 is 10.3 Å². The van der Waals surface area contributed by atoms with Gasteiger partial charge in [-0.15, -0.1) is 0 Å². The number of hydrogen-bond donors (Lipinski definition) is 1. The van der Waals surface area contributed by atoms with Crippen LogP contribution in [0.1, 0.15) is 63.2 Å². The maximum Gasteiger partial charge on any atom is 0.141 e. The number of halogens is 1. The molecule has 0 spiro atoms. The van der Waals surface area contributed by atoms with Crippen LogP contribution < -0.4 is 5.73 Å². The molecule has 2 unspecified atom stereocenters. The Balaban J connectivity index is 1.77. The van der Waals surface area contributed by atoms with Crippen molar-refractivity contribution in [1.29, 1.82) is 0 Å². The van der Waals surface area contributed by atoms with Gasteiger partial charge in [0.15, 0.2) is 0 Å². The quantitative estimate of drug-likeness (QED) is 0.583. The highest BCUT2D eigenvalue weighted by molar-refractivity contribution is 5.59. The molecule has 3 aromatic rings. The Morgan fingerprint density at radius 3 is 2.34 bits per heavy atom. The SMILES string of the molecule is CCC(C)(C)Cc1cnc(C(N)C(C)c2ccc(-c3ccc(F)cn3)cc2)n1C. The van der Waals surface area contributed by atoms with Crippen molar-refractivity contribution in [3.63, 3.8) is 0 Å². The van der Waals surface area contributed by atoms with Crippen molar-refractivity contribution in [2.24, 2.45) is 18.2 Å². The molecule has 0 amide bonds. The maximum atomic E-state index is 13.1. The smallest absolute Gasteiger partial charge is 0.141 e. The molecule has 5 heteroatoms.